The third kappa shape index (κ3) is 5.74. The van der Waals surface area contributed by atoms with E-state index >= 15 is 0 Å². The summed E-state index contributed by atoms with van der Waals surface area (Å²) in [6, 6.07) is 9.71. The molecule has 3 rings (SSSR count). The Morgan fingerprint density at radius 3 is 2.29 bits per heavy atom. The molecule has 31 heavy (non-hydrogen) atoms. The molecule has 7 nitrogen and oxygen atoms in total. The van der Waals surface area contributed by atoms with Gasteiger partial charge < -0.3 is 20.9 Å². The van der Waals surface area contributed by atoms with E-state index in [2.05, 4.69) is 16.0 Å². The molecule has 1 aliphatic rings. The number of nitrogens with one attached hydrogen (secondary N) is 3. The van der Waals surface area contributed by atoms with Crippen LogP contribution in [0.4, 0.5) is 23.7 Å². The van der Waals surface area contributed by atoms with E-state index in [1.165, 1.54) is 0 Å². The topological polar surface area (TPSA) is 90.5 Å². The fraction of sp³-hybridized carbons (Fsp3) is 0.286. The van der Waals surface area contributed by atoms with Crippen molar-refractivity contribution in [3.05, 3.63) is 65.5 Å². The van der Waals surface area contributed by atoms with Crippen LogP contribution in [-0.2, 0) is 4.79 Å². The third-order valence-electron chi connectivity index (χ3n) is 4.86. The third-order valence-corrected chi connectivity index (χ3v) is 4.86. The fourth-order valence-corrected chi connectivity index (χ4v) is 3.20. The molecular weight excluding hydrogens is 413 g/mol. The Kier molecular flexibility index (Phi) is 7.11. The van der Waals surface area contributed by atoms with Gasteiger partial charge in [-0.25, -0.2) is 18.0 Å². The highest BCUT2D eigenvalue weighted by Gasteiger charge is 2.24. The van der Waals surface area contributed by atoms with E-state index in [0.717, 1.165) is 6.07 Å². The van der Waals surface area contributed by atoms with Gasteiger partial charge in [-0.05, 0) is 37.1 Å². The van der Waals surface area contributed by atoms with Gasteiger partial charge in [-0.3, -0.25) is 9.59 Å². The van der Waals surface area contributed by atoms with Crippen molar-refractivity contribution in [1.82, 2.24) is 15.5 Å². The zero-order chi connectivity index (χ0) is 22.4. The van der Waals surface area contributed by atoms with Crippen LogP contribution in [0.15, 0.2) is 42.5 Å². The van der Waals surface area contributed by atoms with Crippen LogP contribution in [0.1, 0.15) is 23.2 Å². The Morgan fingerprint density at radius 2 is 1.61 bits per heavy atom. The first-order valence-electron chi connectivity index (χ1n) is 9.67. The van der Waals surface area contributed by atoms with Crippen LogP contribution in [0.25, 0.3) is 0 Å². The fourth-order valence-electron chi connectivity index (χ4n) is 3.20. The number of likely N-dealkylation sites (tertiary alicyclic amines) is 1. The van der Waals surface area contributed by atoms with Crippen molar-refractivity contribution < 1.29 is 27.6 Å². The van der Waals surface area contributed by atoms with Crippen molar-refractivity contribution in [1.29, 1.82) is 0 Å². The highest BCUT2D eigenvalue weighted by Crippen LogP contribution is 2.19. The van der Waals surface area contributed by atoms with Crippen LogP contribution in [0.3, 0.4) is 0 Å². The molecule has 1 heterocycles. The van der Waals surface area contributed by atoms with Gasteiger partial charge in [0.25, 0.3) is 5.91 Å². The molecule has 0 saturated carbocycles. The number of nitrogens with zero attached hydrogens (tertiary/aromatic N) is 1. The van der Waals surface area contributed by atoms with E-state index in [9.17, 15) is 27.6 Å². The molecule has 4 amide bonds. The summed E-state index contributed by atoms with van der Waals surface area (Å²) in [5, 5.41) is 7.10. The monoisotopic (exact) mass is 434 g/mol. The van der Waals surface area contributed by atoms with Gasteiger partial charge in [0.1, 0.15) is 0 Å². The highest BCUT2D eigenvalue weighted by atomic mass is 19.2. The van der Waals surface area contributed by atoms with Crippen molar-refractivity contribution in [2.24, 2.45) is 0 Å². The first-order valence-corrected chi connectivity index (χ1v) is 9.67. The molecule has 1 aliphatic heterocycles. The number of hydrogen-bond donors (Lipinski definition) is 3. The standard InChI is InChI=1S/C21H21F3N4O3/c22-15-6-7-16(19(24)18(15)23)27-17(29)12-25-21(31)26-14-8-10-28(11-9-14)20(30)13-4-2-1-3-5-13/h1-7,14H,8-12H2,(H,27,29)(H2,25,26,31). The van der Waals surface area contributed by atoms with Crippen molar-refractivity contribution in [3.8, 4) is 0 Å². The Bertz CT molecular complexity index is 964. The lowest BCUT2D eigenvalue weighted by molar-refractivity contribution is -0.115. The number of benzene rings is 2. The molecule has 0 spiro atoms. The number of anilines is 1. The maximum Gasteiger partial charge on any atom is 0.315 e. The van der Waals surface area contributed by atoms with Crippen LogP contribution >= 0.6 is 0 Å². The number of halogens is 3. The second kappa shape index (κ2) is 9.96. The van der Waals surface area contributed by atoms with E-state index in [0.29, 0.717) is 37.6 Å². The molecule has 3 N–H and O–H groups in total. The molecule has 0 unspecified atom stereocenters. The Balaban J connectivity index is 1.40. The molecule has 164 valence electrons. The summed E-state index contributed by atoms with van der Waals surface area (Å²) < 4.78 is 39.7. The van der Waals surface area contributed by atoms with Gasteiger partial charge in [-0.15, -0.1) is 0 Å². The van der Waals surface area contributed by atoms with E-state index in [1.807, 2.05) is 6.07 Å². The Hall–Kier alpha value is -3.56. The summed E-state index contributed by atoms with van der Waals surface area (Å²) in [6.07, 6.45) is 1.11. The van der Waals surface area contributed by atoms with Gasteiger partial charge in [0.05, 0.1) is 12.2 Å². The highest BCUT2D eigenvalue weighted by molar-refractivity contribution is 5.95. The summed E-state index contributed by atoms with van der Waals surface area (Å²) in [5.74, 6) is -5.45. The first-order chi connectivity index (χ1) is 14.8. The molecule has 0 aliphatic carbocycles. The zero-order valence-electron chi connectivity index (χ0n) is 16.5. The average Bonchev–Trinajstić information content (AvgIpc) is 2.79. The van der Waals surface area contributed by atoms with Crippen molar-refractivity contribution >= 4 is 23.5 Å². The molecule has 0 atom stereocenters. The quantitative estimate of drug-likeness (QED) is 0.632. The number of amides is 4. The molecule has 10 heteroatoms. The van der Waals surface area contributed by atoms with Crippen LogP contribution in [0.5, 0.6) is 0 Å². The van der Waals surface area contributed by atoms with Gasteiger partial charge >= 0.3 is 6.03 Å². The zero-order valence-corrected chi connectivity index (χ0v) is 16.5. The van der Waals surface area contributed by atoms with Crippen LogP contribution < -0.4 is 16.0 Å². The number of urea groups is 1. The number of carbonyl (C=O) groups is 3. The van der Waals surface area contributed by atoms with Gasteiger partial charge in [-0.1, -0.05) is 18.2 Å². The van der Waals surface area contributed by atoms with Gasteiger partial charge in [0.2, 0.25) is 5.91 Å². The second-order valence-electron chi connectivity index (χ2n) is 7.03. The molecule has 0 bridgehead atoms. The number of piperidine rings is 1. The lowest BCUT2D eigenvalue weighted by atomic mass is 10.0. The minimum absolute atomic E-state index is 0.0652. The summed E-state index contributed by atoms with van der Waals surface area (Å²) in [7, 11) is 0. The lowest BCUT2D eigenvalue weighted by Crippen LogP contribution is -2.50. The predicted octanol–water partition coefficient (Wildman–Crippen LogP) is 2.65. The summed E-state index contributed by atoms with van der Waals surface area (Å²) in [5.41, 5.74) is 0.0803. The minimum Gasteiger partial charge on any atom is -0.338 e. The maximum atomic E-state index is 13.6. The Morgan fingerprint density at radius 1 is 0.935 bits per heavy atom. The number of hydrogen-bond acceptors (Lipinski definition) is 3. The lowest BCUT2D eigenvalue weighted by Gasteiger charge is -2.32. The molecule has 0 radical (unpaired) electrons. The van der Waals surface area contributed by atoms with Crippen molar-refractivity contribution in [2.75, 3.05) is 25.0 Å². The van der Waals surface area contributed by atoms with Crippen LogP contribution in [0.2, 0.25) is 0 Å². The summed E-state index contributed by atoms with van der Waals surface area (Å²) >= 11 is 0. The van der Waals surface area contributed by atoms with E-state index < -0.39 is 41.6 Å². The largest absolute Gasteiger partial charge is 0.338 e. The van der Waals surface area contributed by atoms with E-state index in [1.54, 1.807) is 29.2 Å². The molecule has 1 fully saturated rings. The molecule has 1 saturated heterocycles. The summed E-state index contributed by atoms with van der Waals surface area (Å²) in [4.78, 5) is 38.0. The van der Waals surface area contributed by atoms with Gasteiger partial charge in [0.15, 0.2) is 17.5 Å². The van der Waals surface area contributed by atoms with Crippen LogP contribution in [-0.4, -0.2) is 48.4 Å². The maximum absolute atomic E-state index is 13.6. The van der Waals surface area contributed by atoms with Gasteiger partial charge in [-0.2, -0.15) is 0 Å². The van der Waals surface area contributed by atoms with Crippen molar-refractivity contribution in [2.45, 2.75) is 18.9 Å². The Labute approximate surface area is 176 Å². The summed E-state index contributed by atoms with van der Waals surface area (Å²) in [6.45, 7) is 0.471. The molecule has 2 aromatic carbocycles. The second-order valence-corrected chi connectivity index (χ2v) is 7.03. The molecule has 2 aromatic rings. The first kappa shape index (κ1) is 22.1. The molecular formula is C21H21F3N4O3. The average molecular weight is 434 g/mol. The normalized spacial score (nSPS) is 14.1. The number of rotatable bonds is 5. The van der Waals surface area contributed by atoms with Crippen molar-refractivity contribution in [3.63, 3.8) is 0 Å². The van der Waals surface area contributed by atoms with Crippen LogP contribution in [0, 0.1) is 17.5 Å². The predicted molar refractivity (Wildman–Crippen MR) is 107 cm³/mol. The van der Waals surface area contributed by atoms with E-state index in [4.69, 9.17) is 0 Å². The molecule has 0 aromatic heterocycles. The smallest absolute Gasteiger partial charge is 0.315 e. The van der Waals surface area contributed by atoms with E-state index in [-0.39, 0.29) is 11.9 Å². The van der Waals surface area contributed by atoms with Gasteiger partial charge in [0, 0.05) is 24.7 Å². The SMILES string of the molecule is O=C(CNC(=O)NC1CCN(C(=O)c2ccccc2)CC1)Nc1ccc(F)c(F)c1F. The minimum atomic E-state index is -1.69. The number of carbonyl (C=O) groups excluding carboxylic acids is 3.